The maximum absolute atomic E-state index is 13.7. The Morgan fingerprint density at radius 1 is 0.935 bits per heavy atom. The van der Waals surface area contributed by atoms with E-state index in [4.69, 9.17) is 9.26 Å². The van der Waals surface area contributed by atoms with Gasteiger partial charge in [-0.3, -0.25) is 0 Å². The van der Waals surface area contributed by atoms with Crippen LogP contribution in [0.1, 0.15) is 5.69 Å². The Labute approximate surface area is 189 Å². The normalized spacial score (nSPS) is 11.3. The Morgan fingerprint density at radius 2 is 1.58 bits per heavy atom. The Bertz CT molecular complexity index is 1300. The molecular weight excluding hydrogens is 480 g/mol. The van der Waals surface area contributed by atoms with E-state index in [1.807, 2.05) is 30.3 Å². The zero-order valence-corrected chi connectivity index (χ0v) is 19.2. The third kappa shape index (κ3) is 3.96. The van der Waals surface area contributed by atoms with E-state index in [1.165, 1.54) is 0 Å². The van der Waals surface area contributed by atoms with Crippen molar-refractivity contribution in [2.75, 3.05) is 11.4 Å². The molecule has 158 valence electrons. The summed E-state index contributed by atoms with van der Waals surface area (Å²) in [7, 11) is -2.39. The lowest BCUT2D eigenvalue weighted by molar-refractivity contribution is 0.416. The minimum atomic E-state index is -3.99. The summed E-state index contributed by atoms with van der Waals surface area (Å²) < 4.78 is 39.7. The molecule has 4 rings (SSSR count). The topological polar surface area (TPSA) is 72.6 Å². The fraction of sp³-hybridized carbons (Fsp3) is 0.0870. The minimum absolute atomic E-state index is 0.0949. The zero-order chi connectivity index (χ0) is 22.0. The molecule has 0 bridgehead atoms. The number of ether oxygens (including phenoxy) is 1. The van der Waals surface area contributed by atoms with E-state index in [1.54, 1.807) is 62.6 Å². The number of methoxy groups -OCH3 is 1. The number of benzene rings is 3. The fourth-order valence-corrected chi connectivity index (χ4v) is 5.07. The van der Waals surface area contributed by atoms with Gasteiger partial charge in [-0.15, -0.1) is 0 Å². The number of nitrogens with zero attached hydrogens (tertiary/aromatic N) is 2. The van der Waals surface area contributed by atoms with Gasteiger partial charge in [0.05, 0.1) is 23.4 Å². The number of para-hydroxylation sites is 2. The highest BCUT2D eigenvalue weighted by Crippen LogP contribution is 2.39. The second-order valence-electron chi connectivity index (χ2n) is 6.72. The van der Waals surface area contributed by atoms with Crippen molar-refractivity contribution in [2.45, 2.75) is 11.8 Å². The number of hydrogen-bond acceptors (Lipinski definition) is 5. The molecule has 0 aliphatic heterocycles. The number of aromatic nitrogens is 1. The first-order valence-electron chi connectivity index (χ1n) is 9.39. The van der Waals surface area contributed by atoms with Gasteiger partial charge < -0.3 is 9.26 Å². The number of rotatable bonds is 6. The molecule has 4 aromatic rings. The van der Waals surface area contributed by atoms with Crippen molar-refractivity contribution in [3.63, 3.8) is 0 Å². The third-order valence-electron chi connectivity index (χ3n) is 4.76. The number of sulfonamides is 1. The number of hydrogen-bond donors (Lipinski definition) is 0. The molecule has 0 saturated heterocycles. The summed E-state index contributed by atoms with van der Waals surface area (Å²) >= 11 is 3.39. The molecule has 3 aromatic carbocycles. The average molecular weight is 499 g/mol. The quantitative estimate of drug-likeness (QED) is 0.328. The third-order valence-corrected chi connectivity index (χ3v) is 7.40. The first kappa shape index (κ1) is 21.1. The summed E-state index contributed by atoms with van der Waals surface area (Å²) in [6.07, 6.45) is 0. The van der Waals surface area contributed by atoms with Gasteiger partial charge in [0.2, 0.25) is 0 Å². The van der Waals surface area contributed by atoms with Crippen LogP contribution < -0.4 is 9.04 Å². The van der Waals surface area contributed by atoms with Crippen molar-refractivity contribution in [1.29, 1.82) is 0 Å². The van der Waals surface area contributed by atoms with Gasteiger partial charge in [-0.25, -0.2) is 8.42 Å². The van der Waals surface area contributed by atoms with E-state index < -0.39 is 10.0 Å². The molecule has 0 unspecified atom stereocenters. The number of halogens is 1. The van der Waals surface area contributed by atoms with Crippen LogP contribution in [0.5, 0.6) is 5.75 Å². The van der Waals surface area contributed by atoms with Crippen LogP contribution in [0.15, 0.2) is 92.8 Å². The monoisotopic (exact) mass is 498 g/mol. The van der Waals surface area contributed by atoms with Crippen molar-refractivity contribution in [3.05, 3.63) is 89.0 Å². The van der Waals surface area contributed by atoms with Gasteiger partial charge in [0.25, 0.3) is 15.9 Å². The maximum atomic E-state index is 13.7. The SMILES string of the molecule is COc1ccccc1-c1ccc(S(=O)(=O)N(c2ccccc2)c2onc(C)c2Br)cc1. The largest absolute Gasteiger partial charge is 0.496 e. The first-order chi connectivity index (χ1) is 14.9. The minimum Gasteiger partial charge on any atom is -0.496 e. The van der Waals surface area contributed by atoms with Crippen molar-refractivity contribution in [1.82, 2.24) is 5.16 Å². The molecule has 0 fully saturated rings. The van der Waals surface area contributed by atoms with Crippen LogP contribution in [0.4, 0.5) is 11.6 Å². The highest BCUT2D eigenvalue weighted by molar-refractivity contribution is 9.10. The Balaban J connectivity index is 1.80. The summed E-state index contributed by atoms with van der Waals surface area (Å²) in [6.45, 7) is 1.73. The van der Waals surface area contributed by atoms with Crippen LogP contribution in [0.25, 0.3) is 11.1 Å². The second kappa shape index (κ2) is 8.56. The lowest BCUT2D eigenvalue weighted by Crippen LogP contribution is -2.26. The highest BCUT2D eigenvalue weighted by Gasteiger charge is 2.32. The van der Waals surface area contributed by atoms with Crippen LogP contribution in [0.2, 0.25) is 0 Å². The Morgan fingerprint density at radius 3 is 2.19 bits per heavy atom. The van der Waals surface area contributed by atoms with Crippen LogP contribution >= 0.6 is 15.9 Å². The molecule has 31 heavy (non-hydrogen) atoms. The summed E-state index contributed by atoms with van der Waals surface area (Å²) in [6, 6.07) is 23.0. The van der Waals surface area contributed by atoms with Gasteiger partial charge in [-0.2, -0.15) is 4.31 Å². The predicted molar refractivity (Wildman–Crippen MR) is 123 cm³/mol. The van der Waals surface area contributed by atoms with Gasteiger partial charge >= 0.3 is 0 Å². The van der Waals surface area contributed by atoms with Gasteiger partial charge in [-0.05, 0) is 58.7 Å². The molecule has 0 radical (unpaired) electrons. The zero-order valence-electron chi connectivity index (χ0n) is 16.8. The molecule has 0 saturated carbocycles. The summed E-state index contributed by atoms with van der Waals surface area (Å²) in [4.78, 5) is 0.121. The van der Waals surface area contributed by atoms with E-state index >= 15 is 0 Å². The standard InChI is InChI=1S/C23H19BrN2O4S/c1-16-22(24)23(30-25-16)26(18-8-4-3-5-9-18)31(27,28)19-14-12-17(13-15-19)20-10-6-7-11-21(20)29-2/h3-15H,1-2H3. The molecule has 0 atom stereocenters. The first-order valence-corrected chi connectivity index (χ1v) is 11.6. The van der Waals surface area contributed by atoms with E-state index in [2.05, 4.69) is 21.1 Å². The molecule has 0 aliphatic carbocycles. The molecule has 1 heterocycles. The maximum Gasteiger partial charge on any atom is 0.271 e. The van der Waals surface area contributed by atoms with Crippen LogP contribution in [0.3, 0.4) is 0 Å². The molecule has 1 aromatic heterocycles. The summed E-state index contributed by atoms with van der Waals surface area (Å²) in [5.74, 6) is 0.808. The number of aryl methyl sites for hydroxylation is 1. The van der Waals surface area contributed by atoms with E-state index in [-0.39, 0.29) is 10.8 Å². The number of anilines is 2. The summed E-state index contributed by atoms with van der Waals surface area (Å²) in [5.41, 5.74) is 2.72. The van der Waals surface area contributed by atoms with Gasteiger partial charge in [0.1, 0.15) is 10.2 Å². The van der Waals surface area contributed by atoms with E-state index in [9.17, 15) is 8.42 Å². The smallest absolute Gasteiger partial charge is 0.271 e. The van der Waals surface area contributed by atoms with E-state index in [0.717, 1.165) is 15.4 Å². The molecule has 0 amide bonds. The van der Waals surface area contributed by atoms with Crippen molar-refractivity contribution >= 4 is 37.5 Å². The second-order valence-corrected chi connectivity index (χ2v) is 9.30. The Kier molecular flexibility index (Phi) is 5.84. The van der Waals surface area contributed by atoms with E-state index in [0.29, 0.717) is 21.6 Å². The lowest BCUT2D eigenvalue weighted by Gasteiger charge is -2.22. The van der Waals surface area contributed by atoms with Crippen LogP contribution in [0, 0.1) is 6.92 Å². The van der Waals surface area contributed by atoms with Crippen molar-refractivity contribution < 1.29 is 17.7 Å². The van der Waals surface area contributed by atoms with Crippen LogP contribution in [-0.4, -0.2) is 20.7 Å². The van der Waals surface area contributed by atoms with Gasteiger partial charge in [0, 0.05) is 5.56 Å². The van der Waals surface area contributed by atoms with Crippen LogP contribution in [-0.2, 0) is 10.0 Å². The van der Waals surface area contributed by atoms with Crippen molar-refractivity contribution in [3.8, 4) is 16.9 Å². The Hall–Kier alpha value is -3.10. The van der Waals surface area contributed by atoms with Gasteiger partial charge in [0.15, 0.2) is 0 Å². The molecule has 0 N–H and O–H groups in total. The lowest BCUT2D eigenvalue weighted by atomic mass is 10.1. The highest BCUT2D eigenvalue weighted by atomic mass is 79.9. The van der Waals surface area contributed by atoms with Crippen molar-refractivity contribution in [2.24, 2.45) is 0 Å². The van der Waals surface area contributed by atoms with Gasteiger partial charge in [-0.1, -0.05) is 53.7 Å². The molecule has 0 spiro atoms. The fourth-order valence-electron chi connectivity index (χ4n) is 3.20. The molecular formula is C23H19BrN2O4S. The predicted octanol–water partition coefficient (Wildman–Crippen LogP) is 5.95. The molecule has 6 nitrogen and oxygen atoms in total. The molecule has 0 aliphatic rings. The molecule has 8 heteroatoms. The summed E-state index contributed by atoms with van der Waals surface area (Å²) in [5, 5.41) is 3.90. The average Bonchev–Trinajstić information content (AvgIpc) is 3.12.